The minimum Gasteiger partial charge on any atom is -0.382 e. The van der Waals surface area contributed by atoms with Gasteiger partial charge in [-0.25, -0.2) is 9.97 Å². The minimum atomic E-state index is -0.338. The zero-order chi connectivity index (χ0) is 21.6. The molecule has 1 spiro atoms. The molecule has 1 saturated heterocycles. The fourth-order valence-electron chi connectivity index (χ4n) is 4.63. The monoisotopic (exact) mass is 438 g/mol. The van der Waals surface area contributed by atoms with Crippen LogP contribution >= 0.6 is 11.3 Å². The summed E-state index contributed by atoms with van der Waals surface area (Å²) in [6.07, 6.45) is 6.60. The molecule has 3 aromatic rings. The Labute approximate surface area is 184 Å². The molecule has 2 aliphatic rings. The van der Waals surface area contributed by atoms with Gasteiger partial charge >= 0.3 is 0 Å². The number of anilines is 1. The first kappa shape index (κ1) is 20.1. The van der Waals surface area contributed by atoms with Gasteiger partial charge in [-0.3, -0.25) is 9.89 Å². The predicted molar refractivity (Wildman–Crippen MR) is 119 cm³/mol. The number of aromatic amines is 1. The molecule has 0 unspecified atom stereocenters. The highest BCUT2D eigenvalue weighted by atomic mass is 32.1. The number of ether oxygens (including phenoxy) is 1. The first-order valence-corrected chi connectivity index (χ1v) is 11.5. The predicted octanol–water partition coefficient (Wildman–Crippen LogP) is 3.09. The van der Waals surface area contributed by atoms with Crippen LogP contribution in [0.1, 0.15) is 52.0 Å². The highest BCUT2D eigenvalue weighted by molar-refractivity contribution is 7.15. The molecule has 0 aliphatic carbocycles. The summed E-state index contributed by atoms with van der Waals surface area (Å²) < 4.78 is 6.37. The number of piperidine rings is 1. The van der Waals surface area contributed by atoms with Gasteiger partial charge in [0.25, 0.3) is 5.91 Å². The van der Waals surface area contributed by atoms with Gasteiger partial charge in [0.1, 0.15) is 5.82 Å². The molecule has 9 heteroatoms. The van der Waals surface area contributed by atoms with Crippen molar-refractivity contribution >= 4 is 23.1 Å². The lowest BCUT2D eigenvalue weighted by Crippen LogP contribution is -2.48. The highest BCUT2D eigenvalue weighted by Gasteiger charge is 2.43. The quantitative estimate of drug-likeness (QED) is 0.650. The molecule has 8 nitrogen and oxygen atoms in total. The summed E-state index contributed by atoms with van der Waals surface area (Å²) in [5, 5.41) is 7.27. The van der Waals surface area contributed by atoms with E-state index in [0.717, 1.165) is 47.5 Å². The van der Waals surface area contributed by atoms with Crippen LogP contribution in [0.2, 0.25) is 0 Å². The summed E-state index contributed by atoms with van der Waals surface area (Å²) in [6.45, 7) is 6.03. The lowest BCUT2D eigenvalue weighted by atomic mass is 9.82. The number of hydrogen-bond acceptors (Lipinski definition) is 7. The van der Waals surface area contributed by atoms with Crippen LogP contribution < -0.4 is 5.73 Å². The number of aryl methyl sites for hydroxylation is 1. The van der Waals surface area contributed by atoms with Gasteiger partial charge in [0.15, 0.2) is 5.69 Å². The number of hydrogen-bond donors (Lipinski definition) is 2. The Morgan fingerprint density at radius 2 is 2.13 bits per heavy atom. The molecule has 162 valence electrons. The number of nitrogens with one attached hydrogen (secondary N) is 1. The molecule has 3 aromatic heterocycles. The van der Waals surface area contributed by atoms with E-state index in [1.165, 1.54) is 10.4 Å². The third-order valence-electron chi connectivity index (χ3n) is 6.46. The number of nitrogens with zero attached hydrogens (tertiary/aromatic N) is 4. The number of nitrogen functional groups attached to an aromatic ring is 1. The average molecular weight is 439 g/mol. The van der Waals surface area contributed by atoms with Crippen LogP contribution in [0.3, 0.4) is 0 Å². The molecule has 1 amide bonds. The van der Waals surface area contributed by atoms with Gasteiger partial charge in [-0.15, -0.1) is 11.3 Å². The SMILES string of the molecule is CCc1[nH]nc(C(=O)N2CCC3(CC2)OCCc2sc(-c4cnc(N)cn4)cc23)c1C. The van der Waals surface area contributed by atoms with Crippen molar-refractivity contribution < 1.29 is 9.53 Å². The molecule has 5 rings (SSSR count). The zero-order valence-electron chi connectivity index (χ0n) is 17.8. The van der Waals surface area contributed by atoms with Crippen LogP contribution in [0, 0.1) is 6.92 Å². The zero-order valence-corrected chi connectivity index (χ0v) is 18.6. The number of nitrogens with two attached hydrogens (primary N) is 1. The first-order chi connectivity index (χ1) is 15.0. The molecule has 2 aliphatic heterocycles. The third-order valence-corrected chi connectivity index (χ3v) is 7.67. The maximum absolute atomic E-state index is 13.1. The van der Waals surface area contributed by atoms with Crippen molar-refractivity contribution in [3.05, 3.63) is 45.9 Å². The Hall–Kier alpha value is -2.78. The number of thiophene rings is 1. The van der Waals surface area contributed by atoms with Crippen molar-refractivity contribution in [3.8, 4) is 10.6 Å². The molecule has 0 radical (unpaired) electrons. The number of likely N-dealkylation sites (tertiary alicyclic amines) is 1. The fourth-order valence-corrected chi connectivity index (χ4v) is 5.82. The van der Waals surface area contributed by atoms with Crippen molar-refractivity contribution in [2.75, 3.05) is 25.4 Å². The normalized spacial score (nSPS) is 17.7. The fraction of sp³-hybridized carbons (Fsp3) is 0.455. The molecule has 5 heterocycles. The van der Waals surface area contributed by atoms with E-state index in [0.29, 0.717) is 31.2 Å². The van der Waals surface area contributed by atoms with E-state index >= 15 is 0 Å². The van der Waals surface area contributed by atoms with Gasteiger partial charge in [0, 0.05) is 35.6 Å². The van der Waals surface area contributed by atoms with Gasteiger partial charge in [0.05, 0.1) is 35.2 Å². The molecule has 0 aromatic carbocycles. The van der Waals surface area contributed by atoms with Crippen LogP contribution in [0.15, 0.2) is 18.5 Å². The molecule has 3 N–H and O–H groups in total. The van der Waals surface area contributed by atoms with Crippen LogP contribution in [0.5, 0.6) is 0 Å². The number of amides is 1. The average Bonchev–Trinajstić information content (AvgIpc) is 3.39. The Kier molecular flexibility index (Phi) is 5.02. The lowest BCUT2D eigenvalue weighted by molar-refractivity contribution is -0.0926. The number of H-pyrrole nitrogens is 1. The van der Waals surface area contributed by atoms with E-state index in [1.807, 2.05) is 11.8 Å². The number of rotatable bonds is 3. The van der Waals surface area contributed by atoms with E-state index in [9.17, 15) is 4.79 Å². The maximum Gasteiger partial charge on any atom is 0.274 e. The molecule has 1 fully saturated rings. The Bertz CT molecular complexity index is 1110. The summed E-state index contributed by atoms with van der Waals surface area (Å²) >= 11 is 1.76. The second-order valence-electron chi connectivity index (χ2n) is 8.19. The summed E-state index contributed by atoms with van der Waals surface area (Å²) in [5.74, 6) is 0.419. The second-order valence-corrected chi connectivity index (χ2v) is 9.33. The van der Waals surface area contributed by atoms with E-state index in [-0.39, 0.29) is 11.5 Å². The maximum atomic E-state index is 13.1. The number of carbonyl (C=O) groups excluding carboxylic acids is 1. The van der Waals surface area contributed by atoms with E-state index in [1.54, 1.807) is 23.7 Å². The summed E-state index contributed by atoms with van der Waals surface area (Å²) in [7, 11) is 0. The highest BCUT2D eigenvalue weighted by Crippen LogP contribution is 2.46. The summed E-state index contributed by atoms with van der Waals surface area (Å²) in [4.78, 5) is 26.0. The molecule has 0 bridgehead atoms. The van der Waals surface area contributed by atoms with Crippen LogP contribution in [0.25, 0.3) is 10.6 Å². The van der Waals surface area contributed by atoms with Gasteiger partial charge in [-0.2, -0.15) is 5.10 Å². The molecule has 31 heavy (non-hydrogen) atoms. The van der Waals surface area contributed by atoms with E-state index in [4.69, 9.17) is 10.5 Å². The largest absolute Gasteiger partial charge is 0.382 e. The van der Waals surface area contributed by atoms with Crippen molar-refractivity contribution in [1.29, 1.82) is 0 Å². The van der Waals surface area contributed by atoms with Gasteiger partial charge in [0.2, 0.25) is 0 Å². The Morgan fingerprint density at radius 1 is 1.32 bits per heavy atom. The van der Waals surface area contributed by atoms with Crippen molar-refractivity contribution in [1.82, 2.24) is 25.1 Å². The summed E-state index contributed by atoms with van der Waals surface area (Å²) in [6, 6.07) is 2.20. The van der Waals surface area contributed by atoms with Crippen LogP contribution in [0.4, 0.5) is 5.82 Å². The topological polar surface area (TPSA) is 110 Å². The third kappa shape index (κ3) is 3.41. The van der Waals surface area contributed by atoms with Gasteiger partial charge < -0.3 is 15.4 Å². The summed E-state index contributed by atoms with van der Waals surface area (Å²) in [5.41, 5.74) is 9.94. The van der Waals surface area contributed by atoms with Crippen LogP contribution in [-0.2, 0) is 23.2 Å². The number of fused-ring (bicyclic) bond motifs is 2. The lowest BCUT2D eigenvalue weighted by Gasteiger charge is -2.44. The Morgan fingerprint density at radius 3 is 2.81 bits per heavy atom. The van der Waals surface area contributed by atoms with Crippen molar-refractivity contribution in [2.45, 2.75) is 45.1 Å². The van der Waals surface area contributed by atoms with Gasteiger partial charge in [-0.1, -0.05) is 6.92 Å². The van der Waals surface area contributed by atoms with Crippen molar-refractivity contribution in [2.24, 2.45) is 0 Å². The minimum absolute atomic E-state index is 0.00230. The molecular weight excluding hydrogens is 412 g/mol. The van der Waals surface area contributed by atoms with Gasteiger partial charge in [-0.05, 0) is 37.8 Å². The molecular formula is C22H26N6O2S. The first-order valence-electron chi connectivity index (χ1n) is 10.7. The Balaban J connectivity index is 1.37. The second kappa shape index (κ2) is 7.72. The molecule has 0 atom stereocenters. The van der Waals surface area contributed by atoms with Crippen molar-refractivity contribution in [3.63, 3.8) is 0 Å². The standard InChI is InChI=1S/C22H26N6O2S/c1-3-15-13(2)20(27-26-15)21(29)28-7-5-22(6-8-28)14-10-18(31-17(14)4-9-30-22)16-11-25-19(23)12-24-16/h10-12H,3-9H2,1-2H3,(H2,23,25)(H,26,27). The van der Waals surface area contributed by atoms with E-state index < -0.39 is 0 Å². The number of carbonyl (C=O) groups is 1. The number of aromatic nitrogens is 4. The van der Waals surface area contributed by atoms with E-state index in [2.05, 4.69) is 33.2 Å². The smallest absolute Gasteiger partial charge is 0.274 e. The van der Waals surface area contributed by atoms with Crippen LogP contribution in [-0.4, -0.2) is 50.7 Å². The molecule has 0 saturated carbocycles.